The van der Waals surface area contributed by atoms with Crippen molar-refractivity contribution >= 4 is 33.5 Å². The maximum Gasteiger partial charge on any atom is 0.224 e. The van der Waals surface area contributed by atoms with Gasteiger partial charge in [0.1, 0.15) is 11.7 Å². The second-order valence-electron chi connectivity index (χ2n) is 11.1. The maximum absolute atomic E-state index is 5.22. The minimum Gasteiger partial charge on any atom is -0.324 e. The Morgan fingerprint density at radius 1 is 0.575 bits per heavy atom. The van der Waals surface area contributed by atoms with Gasteiger partial charge in [0.2, 0.25) is 6.29 Å². The maximum atomic E-state index is 5.22. The number of amidine groups is 2. The summed E-state index contributed by atoms with van der Waals surface area (Å²) in [5.74, 6) is 1.64. The predicted octanol–water partition coefficient (Wildman–Crippen LogP) is 8.05. The van der Waals surface area contributed by atoms with Crippen molar-refractivity contribution in [1.82, 2.24) is 9.88 Å². The second-order valence-corrected chi connectivity index (χ2v) is 11.1. The van der Waals surface area contributed by atoms with E-state index < -0.39 is 6.29 Å². The van der Waals surface area contributed by atoms with E-state index in [4.69, 9.17) is 9.98 Å². The molecule has 8 rings (SSSR count). The monoisotopic (exact) mass is 516 g/mol. The molecule has 5 aromatic carbocycles. The number of benzene rings is 5. The fraction of sp³-hybridized carbons (Fsp3) is 0.111. The van der Waals surface area contributed by atoms with E-state index in [0.29, 0.717) is 0 Å². The van der Waals surface area contributed by atoms with Crippen LogP contribution in [0.4, 0.5) is 0 Å². The molecule has 1 aliphatic heterocycles. The first-order valence-corrected chi connectivity index (χ1v) is 13.8. The number of hydrogen-bond donors (Lipinski definition) is 1. The van der Waals surface area contributed by atoms with Crippen LogP contribution in [0.3, 0.4) is 0 Å². The molecule has 1 aliphatic carbocycles. The summed E-state index contributed by atoms with van der Waals surface area (Å²) in [4.78, 5) is 10.4. The molecule has 0 amide bonds. The van der Waals surface area contributed by atoms with Crippen molar-refractivity contribution in [2.75, 3.05) is 0 Å². The molecule has 40 heavy (non-hydrogen) atoms. The molecule has 0 atom stereocenters. The van der Waals surface area contributed by atoms with Gasteiger partial charge in [-0.2, -0.15) is 0 Å². The summed E-state index contributed by atoms with van der Waals surface area (Å²) in [5.41, 5.74) is 9.64. The summed E-state index contributed by atoms with van der Waals surface area (Å²) < 4.78 is 2.32. The highest BCUT2D eigenvalue weighted by Gasteiger charge is 2.36. The van der Waals surface area contributed by atoms with Crippen LogP contribution in [-0.2, 0) is 5.41 Å². The van der Waals surface area contributed by atoms with Crippen LogP contribution in [0.25, 0.3) is 32.9 Å². The molecular formula is C36H28N4. The lowest BCUT2D eigenvalue weighted by molar-refractivity contribution is 0.574. The van der Waals surface area contributed by atoms with Crippen molar-refractivity contribution in [3.05, 3.63) is 144 Å². The van der Waals surface area contributed by atoms with E-state index in [-0.39, 0.29) is 5.41 Å². The molecule has 0 saturated carbocycles. The molecule has 0 saturated heterocycles. The molecule has 4 heteroatoms. The SMILES string of the molecule is CC1(C)c2ccccc2-c2cc3c4ccccc4n(C4N=C(c5ccccc5)NC(c5ccccc5)=N4)c3cc21. The Morgan fingerprint density at radius 3 is 1.88 bits per heavy atom. The first-order chi connectivity index (χ1) is 19.6. The summed E-state index contributed by atoms with van der Waals surface area (Å²) in [7, 11) is 0. The predicted molar refractivity (Wildman–Crippen MR) is 165 cm³/mol. The summed E-state index contributed by atoms with van der Waals surface area (Å²) in [6, 6.07) is 42.9. The van der Waals surface area contributed by atoms with Crippen LogP contribution in [0.2, 0.25) is 0 Å². The van der Waals surface area contributed by atoms with E-state index >= 15 is 0 Å². The molecule has 0 spiro atoms. The van der Waals surface area contributed by atoms with Crippen molar-refractivity contribution in [1.29, 1.82) is 0 Å². The lowest BCUT2D eigenvalue weighted by atomic mass is 9.82. The molecule has 1 aromatic heterocycles. The van der Waals surface area contributed by atoms with E-state index in [2.05, 4.69) is 109 Å². The number of nitrogens with one attached hydrogen (secondary N) is 1. The molecule has 2 heterocycles. The van der Waals surface area contributed by atoms with Crippen LogP contribution in [0.5, 0.6) is 0 Å². The summed E-state index contributed by atoms with van der Waals surface area (Å²) in [6.45, 7) is 4.66. The van der Waals surface area contributed by atoms with E-state index in [1.807, 2.05) is 36.4 Å². The highest BCUT2D eigenvalue weighted by molar-refractivity contribution is 6.16. The Balaban J connectivity index is 1.41. The van der Waals surface area contributed by atoms with E-state index in [1.54, 1.807) is 0 Å². The van der Waals surface area contributed by atoms with Crippen molar-refractivity contribution in [3.63, 3.8) is 0 Å². The van der Waals surface area contributed by atoms with Gasteiger partial charge in [-0.1, -0.05) is 117 Å². The average Bonchev–Trinajstić information content (AvgIpc) is 3.45. The molecule has 6 aromatic rings. The zero-order valence-electron chi connectivity index (χ0n) is 22.5. The van der Waals surface area contributed by atoms with Crippen LogP contribution in [0.15, 0.2) is 131 Å². The highest BCUT2D eigenvalue weighted by atomic mass is 15.3. The lowest BCUT2D eigenvalue weighted by Crippen LogP contribution is -2.36. The molecule has 0 radical (unpaired) electrons. The number of fused-ring (bicyclic) bond motifs is 6. The van der Waals surface area contributed by atoms with Gasteiger partial charge in [-0.3, -0.25) is 4.57 Å². The second kappa shape index (κ2) is 8.52. The number of aromatic nitrogens is 1. The van der Waals surface area contributed by atoms with Crippen LogP contribution in [0, 0.1) is 0 Å². The fourth-order valence-corrected chi connectivity index (χ4v) is 6.48. The zero-order valence-corrected chi connectivity index (χ0v) is 22.5. The molecule has 0 unspecified atom stereocenters. The Hall–Kier alpha value is -4.96. The number of hydrogen-bond acceptors (Lipinski definition) is 3. The Bertz CT molecular complexity index is 1940. The molecule has 4 nitrogen and oxygen atoms in total. The number of para-hydroxylation sites is 1. The number of nitrogens with zero attached hydrogens (tertiary/aromatic N) is 3. The topological polar surface area (TPSA) is 41.7 Å². The normalized spacial score (nSPS) is 15.8. The van der Waals surface area contributed by atoms with Gasteiger partial charge in [-0.25, -0.2) is 9.98 Å². The Morgan fingerprint density at radius 2 is 1.18 bits per heavy atom. The third kappa shape index (κ3) is 3.32. The van der Waals surface area contributed by atoms with Gasteiger partial charge >= 0.3 is 0 Å². The molecule has 0 fully saturated rings. The first kappa shape index (κ1) is 23.0. The van der Waals surface area contributed by atoms with Crippen LogP contribution in [0.1, 0.15) is 42.4 Å². The molecule has 2 aliphatic rings. The largest absolute Gasteiger partial charge is 0.324 e. The third-order valence-electron chi connectivity index (χ3n) is 8.46. The van der Waals surface area contributed by atoms with Gasteiger partial charge in [-0.15, -0.1) is 0 Å². The van der Waals surface area contributed by atoms with Crippen molar-refractivity contribution < 1.29 is 0 Å². The molecular weight excluding hydrogens is 488 g/mol. The molecule has 1 N–H and O–H groups in total. The Kier molecular flexibility index (Phi) is 4.89. The van der Waals surface area contributed by atoms with Crippen LogP contribution < -0.4 is 5.32 Å². The standard InChI is InChI=1S/C36H28N4/c1-36(2)29-19-11-9-17-25(29)27-21-28-26-18-10-12-20-31(26)40(32(28)22-30(27)36)35-38-33(23-13-5-3-6-14-23)37-34(39-35)24-15-7-4-8-16-24/h3-22,35H,1-2H3,(H,37,38,39). The minimum absolute atomic E-state index is 0.0908. The summed E-state index contributed by atoms with van der Waals surface area (Å²) >= 11 is 0. The lowest BCUT2D eigenvalue weighted by Gasteiger charge is -2.25. The van der Waals surface area contributed by atoms with E-state index in [9.17, 15) is 0 Å². The van der Waals surface area contributed by atoms with Gasteiger partial charge in [0.25, 0.3) is 0 Å². The van der Waals surface area contributed by atoms with Crippen molar-refractivity contribution in [3.8, 4) is 11.1 Å². The summed E-state index contributed by atoms with van der Waals surface area (Å²) in [5, 5.41) is 5.97. The number of rotatable bonds is 3. The van der Waals surface area contributed by atoms with Crippen molar-refractivity contribution in [2.24, 2.45) is 9.98 Å². The molecule has 192 valence electrons. The minimum atomic E-state index is -0.459. The van der Waals surface area contributed by atoms with Gasteiger partial charge in [0.05, 0.1) is 11.0 Å². The van der Waals surface area contributed by atoms with E-state index in [1.165, 1.54) is 33.0 Å². The highest BCUT2D eigenvalue weighted by Crippen LogP contribution is 2.51. The summed E-state index contributed by atoms with van der Waals surface area (Å²) in [6.07, 6.45) is -0.459. The van der Waals surface area contributed by atoms with Crippen LogP contribution >= 0.6 is 0 Å². The first-order valence-electron chi connectivity index (χ1n) is 13.8. The number of aliphatic imine (C=N–C) groups is 2. The van der Waals surface area contributed by atoms with Gasteiger partial charge < -0.3 is 5.32 Å². The Labute approximate surface area is 233 Å². The average molecular weight is 517 g/mol. The quantitative estimate of drug-likeness (QED) is 0.254. The zero-order chi connectivity index (χ0) is 26.8. The van der Waals surface area contributed by atoms with E-state index in [0.717, 1.165) is 33.8 Å². The van der Waals surface area contributed by atoms with Gasteiger partial charge in [0.15, 0.2) is 0 Å². The third-order valence-corrected chi connectivity index (χ3v) is 8.46. The fourth-order valence-electron chi connectivity index (χ4n) is 6.48. The smallest absolute Gasteiger partial charge is 0.224 e. The van der Waals surface area contributed by atoms with Crippen molar-refractivity contribution in [2.45, 2.75) is 25.6 Å². The van der Waals surface area contributed by atoms with Crippen LogP contribution in [-0.4, -0.2) is 16.2 Å². The van der Waals surface area contributed by atoms with Gasteiger partial charge in [-0.05, 0) is 40.5 Å². The van der Waals surface area contributed by atoms with Gasteiger partial charge in [0, 0.05) is 27.3 Å². The molecule has 0 bridgehead atoms.